The zero-order chi connectivity index (χ0) is 14.7. The first-order valence-corrected chi connectivity index (χ1v) is 6.26. The van der Waals surface area contributed by atoms with Gasteiger partial charge in [0.15, 0.2) is 11.6 Å². The molecule has 0 bridgehead atoms. The number of carbonyl (C=O) groups is 1. The summed E-state index contributed by atoms with van der Waals surface area (Å²) < 4.78 is 14.3. The molecule has 0 unspecified atom stereocenters. The third-order valence-corrected chi connectivity index (χ3v) is 2.99. The first-order chi connectivity index (χ1) is 9.54. The van der Waals surface area contributed by atoms with Crippen LogP contribution in [0.3, 0.4) is 0 Å². The molecule has 2 rings (SSSR count). The Hall–Kier alpha value is -2.43. The molecule has 0 aliphatic carbocycles. The maximum Gasteiger partial charge on any atom is 0.338 e. The second-order valence-corrected chi connectivity index (χ2v) is 4.38. The minimum Gasteiger partial charge on any atom is -0.478 e. The molecule has 0 fully saturated rings. The number of carboxylic acid groups (broad SMARTS) is 1. The van der Waals surface area contributed by atoms with Crippen LogP contribution in [0.1, 0.15) is 22.8 Å². The van der Waals surface area contributed by atoms with Crippen LogP contribution in [0.25, 0.3) is 0 Å². The monoisotopic (exact) mass is 274 g/mol. The number of aromatic carboxylic acids is 1. The van der Waals surface area contributed by atoms with Crippen molar-refractivity contribution < 1.29 is 14.3 Å². The summed E-state index contributed by atoms with van der Waals surface area (Å²) in [5.74, 6) is -2.09. The molecule has 5 heteroatoms. The van der Waals surface area contributed by atoms with Crippen LogP contribution in [0.4, 0.5) is 15.9 Å². The van der Waals surface area contributed by atoms with Crippen LogP contribution < -0.4 is 4.90 Å². The van der Waals surface area contributed by atoms with Crippen LogP contribution in [0.5, 0.6) is 0 Å². The fraction of sp³-hybridized carbons (Fsp3) is 0.200. The number of anilines is 2. The van der Waals surface area contributed by atoms with Crippen molar-refractivity contribution in [2.75, 3.05) is 11.4 Å². The Balaban J connectivity index is 2.53. The number of aromatic nitrogens is 1. The fourth-order valence-corrected chi connectivity index (χ4v) is 2.04. The van der Waals surface area contributed by atoms with Gasteiger partial charge in [0.25, 0.3) is 0 Å². The Labute approximate surface area is 116 Å². The lowest BCUT2D eigenvalue weighted by atomic mass is 10.2. The van der Waals surface area contributed by atoms with Gasteiger partial charge in [0.2, 0.25) is 0 Å². The second kappa shape index (κ2) is 5.69. The van der Waals surface area contributed by atoms with Gasteiger partial charge in [-0.25, -0.2) is 14.2 Å². The molecule has 20 heavy (non-hydrogen) atoms. The van der Waals surface area contributed by atoms with Crippen LogP contribution in [0, 0.1) is 12.7 Å². The largest absolute Gasteiger partial charge is 0.478 e. The maximum atomic E-state index is 14.3. The molecule has 0 atom stereocenters. The number of hydrogen-bond acceptors (Lipinski definition) is 3. The number of pyridine rings is 1. The molecule has 2 aromatic rings. The van der Waals surface area contributed by atoms with Crippen molar-refractivity contribution in [3.05, 3.63) is 53.5 Å². The van der Waals surface area contributed by atoms with E-state index in [9.17, 15) is 9.18 Å². The highest BCUT2D eigenvalue weighted by molar-refractivity contribution is 5.89. The summed E-state index contributed by atoms with van der Waals surface area (Å²) in [7, 11) is 0. The molecule has 0 amide bonds. The zero-order valence-corrected chi connectivity index (χ0v) is 11.3. The standard InChI is InChI=1S/C15H15FN2O2/c1-3-18(11-6-4-5-10(2)9-11)14-13(16)12(15(19)20)7-8-17-14/h4-9H,3H2,1-2H3,(H,19,20). The summed E-state index contributed by atoms with van der Waals surface area (Å²) >= 11 is 0. The van der Waals surface area contributed by atoms with E-state index in [1.54, 1.807) is 4.90 Å². The summed E-state index contributed by atoms with van der Waals surface area (Å²) in [6, 6.07) is 8.70. The van der Waals surface area contributed by atoms with E-state index in [0.29, 0.717) is 6.54 Å². The number of halogens is 1. The predicted octanol–water partition coefficient (Wildman–Crippen LogP) is 3.39. The first kappa shape index (κ1) is 14.0. The number of hydrogen-bond donors (Lipinski definition) is 1. The van der Waals surface area contributed by atoms with Gasteiger partial charge in [0.05, 0.1) is 0 Å². The van der Waals surface area contributed by atoms with Crippen molar-refractivity contribution in [3.8, 4) is 0 Å². The van der Waals surface area contributed by atoms with E-state index < -0.39 is 11.8 Å². The molecule has 0 aliphatic heterocycles. The molecular weight excluding hydrogens is 259 g/mol. The predicted molar refractivity (Wildman–Crippen MR) is 75.0 cm³/mol. The third kappa shape index (κ3) is 2.61. The minimum absolute atomic E-state index is 0.0259. The van der Waals surface area contributed by atoms with E-state index in [1.165, 1.54) is 6.20 Å². The molecule has 1 N–H and O–H groups in total. The van der Waals surface area contributed by atoms with Gasteiger partial charge in [-0.15, -0.1) is 0 Å². The van der Waals surface area contributed by atoms with E-state index in [0.717, 1.165) is 17.3 Å². The van der Waals surface area contributed by atoms with Crippen molar-refractivity contribution in [2.24, 2.45) is 0 Å². The van der Waals surface area contributed by atoms with Gasteiger partial charge >= 0.3 is 5.97 Å². The Morgan fingerprint density at radius 3 is 2.75 bits per heavy atom. The molecule has 1 heterocycles. The van der Waals surface area contributed by atoms with Crippen molar-refractivity contribution in [1.82, 2.24) is 4.98 Å². The quantitative estimate of drug-likeness (QED) is 0.928. The van der Waals surface area contributed by atoms with Gasteiger partial charge in [-0.3, -0.25) is 0 Å². The molecule has 4 nitrogen and oxygen atoms in total. The Kier molecular flexibility index (Phi) is 3.98. The molecule has 0 saturated carbocycles. The topological polar surface area (TPSA) is 53.4 Å². The smallest absolute Gasteiger partial charge is 0.338 e. The van der Waals surface area contributed by atoms with Crippen LogP contribution in [0.15, 0.2) is 36.5 Å². The van der Waals surface area contributed by atoms with Crippen molar-refractivity contribution in [2.45, 2.75) is 13.8 Å². The van der Waals surface area contributed by atoms with Gasteiger partial charge in [-0.05, 0) is 37.6 Å². The van der Waals surface area contributed by atoms with Gasteiger partial charge in [0, 0.05) is 18.4 Å². The SMILES string of the molecule is CCN(c1cccc(C)c1)c1nccc(C(=O)O)c1F. The third-order valence-electron chi connectivity index (χ3n) is 2.99. The average molecular weight is 274 g/mol. The molecule has 0 saturated heterocycles. The van der Waals surface area contributed by atoms with E-state index in [2.05, 4.69) is 4.98 Å². The lowest BCUT2D eigenvalue weighted by Gasteiger charge is -2.23. The number of nitrogens with zero attached hydrogens (tertiary/aromatic N) is 2. The highest BCUT2D eigenvalue weighted by Gasteiger charge is 2.20. The van der Waals surface area contributed by atoms with E-state index in [4.69, 9.17) is 5.11 Å². The molecule has 104 valence electrons. The normalized spacial score (nSPS) is 10.3. The van der Waals surface area contributed by atoms with Gasteiger partial charge in [-0.2, -0.15) is 0 Å². The summed E-state index contributed by atoms with van der Waals surface area (Å²) in [6.45, 7) is 4.28. The number of rotatable bonds is 4. The highest BCUT2D eigenvalue weighted by atomic mass is 19.1. The van der Waals surface area contributed by atoms with Crippen LogP contribution in [-0.2, 0) is 0 Å². The Morgan fingerprint density at radius 2 is 2.15 bits per heavy atom. The number of carboxylic acids is 1. The lowest BCUT2D eigenvalue weighted by Crippen LogP contribution is -2.20. The Bertz CT molecular complexity index is 644. The molecular formula is C15H15FN2O2. The number of benzene rings is 1. The summed E-state index contributed by atoms with van der Waals surface area (Å²) in [6.07, 6.45) is 1.31. The first-order valence-electron chi connectivity index (χ1n) is 6.26. The maximum absolute atomic E-state index is 14.3. The van der Waals surface area contributed by atoms with E-state index in [1.807, 2.05) is 38.1 Å². The average Bonchev–Trinajstić information content (AvgIpc) is 2.41. The van der Waals surface area contributed by atoms with Crippen LogP contribution in [-0.4, -0.2) is 22.6 Å². The van der Waals surface area contributed by atoms with Crippen LogP contribution >= 0.6 is 0 Å². The van der Waals surface area contributed by atoms with Crippen molar-refractivity contribution >= 4 is 17.5 Å². The molecule has 0 spiro atoms. The van der Waals surface area contributed by atoms with Crippen molar-refractivity contribution in [1.29, 1.82) is 0 Å². The highest BCUT2D eigenvalue weighted by Crippen LogP contribution is 2.27. The fourth-order valence-electron chi connectivity index (χ4n) is 2.04. The van der Waals surface area contributed by atoms with Gasteiger partial charge < -0.3 is 10.0 Å². The van der Waals surface area contributed by atoms with E-state index in [-0.39, 0.29) is 11.4 Å². The van der Waals surface area contributed by atoms with Gasteiger partial charge in [0.1, 0.15) is 5.56 Å². The Morgan fingerprint density at radius 1 is 1.40 bits per heavy atom. The number of aryl methyl sites for hydroxylation is 1. The summed E-state index contributed by atoms with van der Waals surface area (Å²) in [5, 5.41) is 8.97. The second-order valence-electron chi connectivity index (χ2n) is 4.38. The lowest BCUT2D eigenvalue weighted by molar-refractivity contribution is 0.0692. The summed E-state index contributed by atoms with van der Waals surface area (Å²) in [4.78, 5) is 16.6. The zero-order valence-electron chi connectivity index (χ0n) is 11.3. The van der Waals surface area contributed by atoms with E-state index >= 15 is 0 Å². The van der Waals surface area contributed by atoms with Crippen LogP contribution in [0.2, 0.25) is 0 Å². The van der Waals surface area contributed by atoms with Gasteiger partial charge in [-0.1, -0.05) is 12.1 Å². The molecule has 0 radical (unpaired) electrons. The molecule has 1 aromatic carbocycles. The minimum atomic E-state index is -1.30. The van der Waals surface area contributed by atoms with Crippen molar-refractivity contribution in [3.63, 3.8) is 0 Å². The molecule has 1 aromatic heterocycles. The summed E-state index contributed by atoms with van der Waals surface area (Å²) in [5.41, 5.74) is 1.44. The molecule has 0 aliphatic rings.